The fourth-order valence-corrected chi connectivity index (χ4v) is 2.43. The normalized spacial score (nSPS) is 9.73. The van der Waals surface area contributed by atoms with Gasteiger partial charge in [0, 0.05) is 34.8 Å². The van der Waals surface area contributed by atoms with E-state index in [0.29, 0.717) is 16.8 Å². The molecule has 0 saturated heterocycles. The van der Waals surface area contributed by atoms with Gasteiger partial charge in [0.05, 0.1) is 0 Å². The Hall–Kier alpha value is -3.41. The molecule has 2 aromatic carbocycles. The summed E-state index contributed by atoms with van der Waals surface area (Å²) < 4.78 is 0. The molecule has 0 bridgehead atoms. The molecule has 0 fully saturated rings. The Balaban J connectivity index is 0.00000169. The first-order valence-electron chi connectivity index (χ1n) is 7.19. The van der Waals surface area contributed by atoms with Crippen LogP contribution in [-0.4, -0.2) is 26.0 Å². The largest absolute Gasteiger partial charge is 0.504 e. The molecule has 0 saturated carbocycles. The summed E-state index contributed by atoms with van der Waals surface area (Å²) in [4.78, 5) is 20.7. The van der Waals surface area contributed by atoms with Crippen LogP contribution in [-0.2, 0) is 0 Å². The Labute approximate surface area is 153 Å². The van der Waals surface area contributed by atoms with Crippen LogP contribution in [0.4, 0.5) is 5.69 Å². The predicted octanol–water partition coefficient (Wildman–Crippen LogP) is 3.95. The van der Waals surface area contributed by atoms with Gasteiger partial charge in [0.1, 0.15) is 6.33 Å². The van der Waals surface area contributed by atoms with Gasteiger partial charge in [0.15, 0.2) is 17.3 Å². The molecular formula is C20H23N3O3. The van der Waals surface area contributed by atoms with Crippen molar-refractivity contribution < 1.29 is 15.0 Å². The van der Waals surface area contributed by atoms with Crippen molar-refractivity contribution in [3.05, 3.63) is 65.7 Å². The number of benzene rings is 2. The highest BCUT2D eigenvalue weighted by Crippen LogP contribution is 2.32. The Bertz CT molecular complexity index is 902. The number of aromatic hydroxyl groups is 2. The number of hydrogen-bond donors (Lipinski definition) is 3. The number of phenolic OH excluding ortho intramolecular Hbond substituents is 2. The van der Waals surface area contributed by atoms with Crippen LogP contribution in [0.1, 0.15) is 36.3 Å². The summed E-state index contributed by atoms with van der Waals surface area (Å²) >= 11 is 0. The van der Waals surface area contributed by atoms with Crippen LogP contribution >= 0.6 is 0 Å². The molecule has 0 aliphatic heterocycles. The zero-order chi connectivity index (χ0) is 17.3. The molecule has 1 aromatic heterocycles. The van der Waals surface area contributed by atoms with Gasteiger partial charge in [-0.2, -0.15) is 0 Å². The smallest absolute Gasteiger partial charge is 0.195 e. The van der Waals surface area contributed by atoms with E-state index in [4.69, 9.17) is 5.73 Å². The van der Waals surface area contributed by atoms with E-state index in [1.54, 1.807) is 37.5 Å². The van der Waals surface area contributed by atoms with Crippen LogP contribution in [0.2, 0.25) is 0 Å². The second-order valence-corrected chi connectivity index (χ2v) is 5.42. The van der Waals surface area contributed by atoms with Gasteiger partial charge in [-0.25, -0.2) is 9.97 Å². The summed E-state index contributed by atoms with van der Waals surface area (Å²) in [6.45, 7) is 1.60. The van der Waals surface area contributed by atoms with Crippen molar-refractivity contribution in [3.63, 3.8) is 0 Å². The molecule has 4 N–H and O–H groups in total. The fourth-order valence-electron chi connectivity index (χ4n) is 2.43. The lowest BCUT2D eigenvalue weighted by molar-refractivity contribution is 0.103. The fraction of sp³-hybridized carbons (Fsp3) is 0.150. The Morgan fingerprint density at radius 2 is 1.65 bits per heavy atom. The number of nitrogens with zero attached hydrogens (tertiary/aromatic N) is 2. The van der Waals surface area contributed by atoms with Crippen molar-refractivity contribution in [2.45, 2.75) is 21.8 Å². The minimum Gasteiger partial charge on any atom is -0.504 e. The number of anilines is 1. The molecule has 1 heterocycles. The first kappa shape index (κ1) is 20.6. The van der Waals surface area contributed by atoms with Crippen LogP contribution in [0, 0.1) is 6.92 Å². The number of carbonyl (C=O) groups is 1. The molecule has 0 unspecified atom stereocenters. The molecule has 3 aromatic rings. The van der Waals surface area contributed by atoms with Gasteiger partial charge >= 0.3 is 0 Å². The second-order valence-electron chi connectivity index (χ2n) is 5.42. The number of ketones is 1. The van der Waals surface area contributed by atoms with E-state index in [1.807, 2.05) is 0 Å². The first-order chi connectivity index (χ1) is 11.5. The summed E-state index contributed by atoms with van der Waals surface area (Å²) in [7, 11) is 0. The molecule has 0 amide bonds. The SMILES string of the molecule is C.C.Cc1cc(C(=O)c2cc(-c3cncnc3)ccc2N)cc(O)c1O. The van der Waals surface area contributed by atoms with Crippen LogP contribution in [0.15, 0.2) is 49.1 Å². The summed E-state index contributed by atoms with van der Waals surface area (Å²) in [6, 6.07) is 7.82. The van der Waals surface area contributed by atoms with Crippen LogP contribution in [0.3, 0.4) is 0 Å². The van der Waals surface area contributed by atoms with Gasteiger partial charge < -0.3 is 15.9 Å². The minimum atomic E-state index is -0.343. The molecule has 6 nitrogen and oxygen atoms in total. The Kier molecular flexibility index (Phi) is 6.44. The molecular weight excluding hydrogens is 330 g/mol. The highest BCUT2D eigenvalue weighted by Gasteiger charge is 2.17. The standard InChI is InChI=1S/C18H15N3O3.2CH4/c1-10-4-12(6-16(22)17(10)23)18(24)14-5-11(2-3-15(14)19)13-7-20-9-21-8-13;;/h2-9,22-23H,19H2,1H3;2*1H4. The van der Waals surface area contributed by atoms with Crippen molar-refractivity contribution in [1.82, 2.24) is 9.97 Å². The van der Waals surface area contributed by atoms with E-state index in [-0.39, 0.29) is 37.7 Å². The number of hydrogen-bond acceptors (Lipinski definition) is 6. The average molecular weight is 353 g/mol. The molecule has 136 valence electrons. The Morgan fingerprint density at radius 1 is 1.00 bits per heavy atom. The number of nitrogen functional groups attached to an aromatic ring is 1. The molecule has 0 atom stereocenters. The molecule has 3 rings (SSSR count). The van der Waals surface area contributed by atoms with Crippen LogP contribution < -0.4 is 5.73 Å². The second kappa shape index (κ2) is 8.11. The van der Waals surface area contributed by atoms with Crippen molar-refractivity contribution in [1.29, 1.82) is 0 Å². The number of phenols is 2. The van der Waals surface area contributed by atoms with Gasteiger partial charge in [0.2, 0.25) is 0 Å². The third-order valence-electron chi connectivity index (χ3n) is 3.73. The van der Waals surface area contributed by atoms with E-state index in [0.717, 1.165) is 11.1 Å². The highest BCUT2D eigenvalue weighted by atomic mass is 16.3. The van der Waals surface area contributed by atoms with Gasteiger partial charge in [-0.3, -0.25) is 4.79 Å². The van der Waals surface area contributed by atoms with Gasteiger partial charge in [-0.05, 0) is 42.3 Å². The molecule has 0 aliphatic carbocycles. The summed E-state index contributed by atoms with van der Waals surface area (Å²) in [5.41, 5.74) is 8.75. The van der Waals surface area contributed by atoms with E-state index in [9.17, 15) is 15.0 Å². The zero-order valence-electron chi connectivity index (χ0n) is 12.9. The van der Waals surface area contributed by atoms with E-state index >= 15 is 0 Å². The van der Waals surface area contributed by atoms with Gasteiger partial charge in [0.25, 0.3) is 0 Å². The van der Waals surface area contributed by atoms with Crippen molar-refractivity contribution in [3.8, 4) is 22.6 Å². The number of aryl methyl sites for hydroxylation is 1. The topological polar surface area (TPSA) is 109 Å². The van der Waals surface area contributed by atoms with Crippen molar-refractivity contribution >= 4 is 11.5 Å². The highest BCUT2D eigenvalue weighted by molar-refractivity contribution is 6.13. The zero-order valence-corrected chi connectivity index (χ0v) is 12.9. The lowest BCUT2D eigenvalue weighted by Crippen LogP contribution is -2.06. The van der Waals surface area contributed by atoms with E-state index < -0.39 is 0 Å². The summed E-state index contributed by atoms with van der Waals surface area (Å²) in [5, 5.41) is 19.4. The number of carbonyl (C=O) groups excluding carboxylic acids is 1. The molecule has 0 spiro atoms. The van der Waals surface area contributed by atoms with Gasteiger partial charge in [-0.15, -0.1) is 0 Å². The van der Waals surface area contributed by atoms with Crippen molar-refractivity contribution in [2.24, 2.45) is 0 Å². The third kappa shape index (κ3) is 3.80. The number of rotatable bonds is 3. The van der Waals surface area contributed by atoms with Crippen molar-refractivity contribution in [2.75, 3.05) is 5.73 Å². The van der Waals surface area contributed by atoms with E-state index in [2.05, 4.69) is 9.97 Å². The molecule has 6 heteroatoms. The minimum absolute atomic E-state index is 0. The maximum absolute atomic E-state index is 12.8. The molecule has 0 aliphatic rings. The maximum atomic E-state index is 12.8. The Morgan fingerprint density at radius 3 is 2.27 bits per heavy atom. The number of aromatic nitrogens is 2. The van der Waals surface area contributed by atoms with E-state index in [1.165, 1.54) is 18.5 Å². The predicted molar refractivity (Wildman–Crippen MR) is 103 cm³/mol. The number of nitrogens with two attached hydrogens (primary N) is 1. The average Bonchev–Trinajstić information content (AvgIpc) is 2.60. The first-order valence-corrected chi connectivity index (χ1v) is 7.19. The maximum Gasteiger partial charge on any atom is 0.195 e. The monoisotopic (exact) mass is 353 g/mol. The molecule has 26 heavy (non-hydrogen) atoms. The quantitative estimate of drug-likeness (QED) is 0.374. The third-order valence-corrected chi connectivity index (χ3v) is 3.73. The lowest BCUT2D eigenvalue weighted by atomic mass is 9.96. The lowest BCUT2D eigenvalue weighted by Gasteiger charge is -2.10. The summed E-state index contributed by atoms with van der Waals surface area (Å²) in [6.07, 6.45) is 4.71. The van der Waals surface area contributed by atoms with Crippen LogP contribution in [0.5, 0.6) is 11.5 Å². The molecule has 0 radical (unpaired) electrons. The van der Waals surface area contributed by atoms with Crippen LogP contribution in [0.25, 0.3) is 11.1 Å². The van der Waals surface area contributed by atoms with Gasteiger partial charge in [-0.1, -0.05) is 20.9 Å². The summed E-state index contributed by atoms with van der Waals surface area (Å²) in [5.74, 6) is -0.927.